The lowest BCUT2D eigenvalue weighted by atomic mass is 9.84. The molecule has 0 bridgehead atoms. The third-order valence-electron chi connectivity index (χ3n) is 3.71. The molecule has 19 heavy (non-hydrogen) atoms. The first-order valence-electron chi connectivity index (χ1n) is 7.43. The van der Waals surface area contributed by atoms with Crippen molar-refractivity contribution in [1.29, 1.82) is 0 Å². The Morgan fingerprint density at radius 3 is 2.63 bits per heavy atom. The molecule has 0 aliphatic rings. The van der Waals surface area contributed by atoms with Crippen LogP contribution in [0.1, 0.15) is 44.9 Å². The van der Waals surface area contributed by atoms with Gasteiger partial charge in [0, 0.05) is 25.2 Å². The monoisotopic (exact) mass is 266 g/mol. The predicted octanol–water partition coefficient (Wildman–Crippen LogP) is 3.44. The van der Waals surface area contributed by atoms with E-state index in [1.165, 1.54) is 18.4 Å². The van der Waals surface area contributed by atoms with Crippen molar-refractivity contribution in [1.82, 2.24) is 10.2 Å². The standard InChI is InChI=1S/C16H30N2O/c1-6-9-16(4,12-17-7-2)13-18(5)11-15-8-10-19-14(15)3/h8,10,17H,6-7,9,11-13H2,1-5H3. The molecule has 0 amide bonds. The highest BCUT2D eigenvalue weighted by molar-refractivity contribution is 5.15. The Kier molecular flexibility index (Phi) is 6.59. The molecule has 1 N–H and O–H groups in total. The highest BCUT2D eigenvalue weighted by atomic mass is 16.3. The quantitative estimate of drug-likeness (QED) is 0.742. The van der Waals surface area contributed by atoms with Crippen molar-refractivity contribution in [2.75, 3.05) is 26.7 Å². The van der Waals surface area contributed by atoms with Crippen LogP contribution in [0.15, 0.2) is 16.7 Å². The van der Waals surface area contributed by atoms with Crippen molar-refractivity contribution in [3.05, 3.63) is 23.7 Å². The van der Waals surface area contributed by atoms with E-state index in [9.17, 15) is 0 Å². The van der Waals surface area contributed by atoms with Crippen molar-refractivity contribution < 1.29 is 4.42 Å². The van der Waals surface area contributed by atoms with Crippen LogP contribution in [0.25, 0.3) is 0 Å². The number of hydrogen-bond acceptors (Lipinski definition) is 3. The maximum absolute atomic E-state index is 5.37. The summed E-state index contributed by atoms with van der Waals surface area (Å²) >= 11 is 0. The molecule has 1 heterocycles. The van der Waals surface area contributed by atoms with Gasteiger partial charge in [0.15, 0.2) is 0 Å². The van der Waals surface area contributed by atoms with Gasteiger partial charge in [-0.25, -0.2) is 0 Å². The third kappa shape index (κ3) is 5.37. The highest BCUT2D eigenvalue weighted by Gasteiger charge is 2.24. The van der Waals surface area contributed by atoms with Crippen LogP contribution in [0.5, 0.6) is 0 Å². The summed E-state index contributed by atoms with van der Waals surface area (Å²) in [5, 5.41) is 3.50. The molecular formula is C16H30N2O. The molecular weight excluding hydrogens is 236 g/mol. The zero-order chi connectivity index (χ0) is 14.3. The molecule has 0 saturated carbocycles. The largest absolute Gasteiger partial charge is 0.469 e. The lowest BCUT2D eigenvalue weighted by molar-refractivity contribution is 0.168. The first-order chi connectivity index (χ1) is 9.00. The molecule has 0 aromatic carbocycles. The Bertz CT molecular complexity index is 361. The van der Waals surface area contributed by atoms with Gasteiger partial charge in [-0.15, -0.1) is 0 Å². The minimum Gasteiger partial charge on any atom is -0.469 e. The van der Waals surface area contributed by atoms with Gasteiger partial charge in [-0.3, -0.25) is 0 Å². The van der Waals surface area contributed by atoms with Crippen molar-refractivity contribution in [3.63, 3.8) is 0 Å². The molecule has 0 aliphatic heterocycles. The molecule has 1 aromatic heterocycles. The molecule has 0 aliphatic carbocycles. The minimum atomic E-state index is 0.344. The molecule has 3 heteroatoms. The number of nitrogens with one attached hydrogen (secondary N) is 1. The Hall–Kier alpha value is -0.800. The Labute approximate surface area is 118 Å². The van der Waals surface area contributed by atoms with Gasteiger partial charge in [-0.2, -0.15) is 0 Å². The van der Waals surface area contributed by atoms with E-state index in [2.05, 4.69) is 44.1 Å². The van der Waals surface area contributed by atoms with E-state index in [-0.39, 0.29) is 0 Å². The average molecular weight is 266 g/mol. The number of rotatable bonds is 9. The van der Waals surface area contributed by atoms with Crippen molar-refractivity contribution in [2.45, 2.75) is 47.1 Å². The van der Waals surface area contributed by atoms with Crippen LogP contribution in [-0.2, 0) is 6.54 Å². The van der Waals surface area contributed by atoms with Gasteiger partial charge in [-0.1, -0.05) is 27.2 Å². The predicted molar refractivity (Wildman–Crippen MR) is 81.3 cm³/mol. The van der Waals surface area contributed by atoms with Gasteiger partial charge >= 0.3 is 0 Å². The zero-order valence-electron chi connectivity index (χ0n) is 13.3. The molecule has 1 atom stereocenters. The van der Waals surface area contributed by atoms with E-state index in [0.717, 1.165) is 31.9 Å². The van der Waals surface area contributed by atoms with Gasteiger partial charge in [0.25, 0.3) is 0 Å². The maximum Gasteiger partial charge on any atom is 0.105 e. The highest BCUT2D eigenvalue weighted by Crippen LogP contribution is 2.24. The van der Waals surface area contributed by atoms with E-state index < -0.39 is 0 Å². The van der Waals surface area contributed by atoms with Gasteiger partial charge in [-0.05, 0) is 38.4 Å². The molecule has 1 rings (SSSR count). The van der Waals surface area contributed by atoms with Crippen LogP contribution >= 0.6 is 0 Å². The van der Waals surface area contributed by atoms with E-state index in [1.54, 1.807) is 6.26 Å². The summed E-state index contributed by atoms with van der Waals surface area (Å²) in [5.74, 6) is 1.04. The van der Waals surface area contributed by atoms with Gasteiger partial charge in [0.1, 0.15) is 5.76 Å². The summed E-state index contributed by atoms with van der Waals surface area (Å²) < 4.78 is 5.37. The van der Waals surface area contributed by atoms with E-state index in [4.69, 9.17) is 4.42 Å². The maximum atomic E-state index is 5.37. The number of furan rings is 1. The Morgan fingerprint density at radius 1 is 1.37 bits per heavy atom. The van der Waals surface area contributed by atoms with Crippen molar-refractivity contribution in [3.8, 4) is 0 Å². The van der Waals surface area contributed by atoms with Crippen LogP contribution in [0.4, 0.5) is 0 Å². The summed E-state index contributed by atoms with van der Waals surface area (Å²) in [6, 6.07) is 2.08. The summed E-state index contributed by atoms with van der Waals surface area (Å²) in [5.41, 5.74) is 1.64. The van der Waals surface area contributed by atoms with Crippen LogP contribution in [0.3, 0.4) is 0 Å². The fourth-order valence-electron chi connectivity index (χ4n) is 2.83. The normalized spacial score (nSPS) is 14.8. The van der Waals surface area contributed by atoms with Crippen LogP contribution in [-0.4, -0.2) is 31.6 Å². The van der Waals surface area contributed by atoms with E-state index in [0.29, 0.717) is 5.41 Å². The van der Waals surface area contributed by atoms with Crippen LogP contribution in [0.2, 0.25) is 0 Å². The zero-order valence-corrected chi connectivity index (χ0v) is 13.3. The van der Waals surface area contributed by atoms with Gasteiger partial charge in [0.2, 0.25) is 0 Å². The summed E-state index contributed by atoms with van der Waals surface area (Å²) in [4.78, 5) is 2.41. The lowest BCUT2D eigenvalue weighted by Gasteiger charge is -2.34. The summed E-state index contributed by atoms with van der Waals surface area (Å²) in [7, 11) is 2.20. The average Bonchev–Trinajstić information content (AvgIpc) is 2.72. The lowest BCUT2D eigenvalue weighted by Crippen LogP contribution is -2.40. The topological polar surface area (TPSA) is 28.4 Å². The second kappa shape index (κ2) is 7.71. The summed E-state index contributed by atoms with van der Waals surface area (Å²) in [6.07, 6.45) is 4.28. The number of hydrogen-bond donors (Lipinski definition) is 1. The van der Waals surface area contributed by atoms with Crippen LogP contribution < -0.4 is 5.32 Å². The first kappa shape index (κ1) is 16.3. The number of nitrogens with zero attached hydrogens (tertiary/aromatic N) is 1. The molecule has 1 aromatic rings. The molecule has 1 unspecified atom stereocenters. The first-order valence-corrected chi connectivity index (χ1v) is 7.43. The van der Waals surface area contributed by atoms with Crippen LogP contribution in [0, 0.1) is 12.3 Å². The van der Waals surface area contributed by atoms with Crippen molar-refractivity contribution in [2.24, 2.45) is 5.41 Å². The molecule has 0 spiro atoms. The molecule has 3 nitrogen and oxygen atoms in total. The minimum absolute atomic E-state index is 0.344. The molecule has 0 saturated heterocycles. The molecule has 0 radical (unpaired) electrons. The molecule has 110 valence electrons. The van der Waals surface area contributed by atoms with E-state index >= 15 is 0 Å². The Balaban J connectivity index is 2.55. The summed E-state index contributed by atoms with van der Waals surface area (Å²) in [6.45, 7) is 13.1. The fourth-order valence-corrected chi connectivity index (χ4v) is 2.83. The van der Waals surface area contributed by atoms with E-state index in [1.807, 2.05) is 6.92 Å². The third-order valence-corrected chi connectivity index (χ3v) is 3.71. The smallest absolute Gasteiger partial charge is 0.105 e. The fraction of sp³-hybridized carbons (Fsp3) is 0.750. The number of aryl methyl sites for hydroxylation is 1. The Morgan fingerprint density at radius 2 is 2.11 bits per heavy atom. The van der Waals surface area contributed by atoms with Gasteiger partial charge in [0.05, 0.1) is 6.26 Å². The second-order valence-electron chi connectivity index (χ2n) is 6.02. The SMILES string of the molecule is CCCC(C)(CNCC)CN(C)Cc1ccoc1C. The van der Waals surface area contributed by atoms with Gasteiger partial charge < -0.3 is 14.6 Å². The molecule has 0 fully saturated rings. The van der Waals surface area contributed by atoms with Crippen molar-refractivity contribution >= 4 is 0 Å². The second-order valence-corrected chi connectivity index (χ2v) is 6.02.